The molecule has 1 saturated carbocycles. The Kier molecular flexibility index (Phi) is 2.96. The molecule has 0 bridgehead atoms. The van der Waals surface area contributed by atoms with E-state index in [0.717, 1.165) is 5.82 Å². The molecule has 2 N–H and O–H groups in total. The minimum atomic E-state index is -0.128. The molecular formula is C13H16N4O. The first-order valence-corrected chi connectivity index (χ1v) is 6.45. The number of hydrogen-bond donors (Lipinski definition) is 2. The Morgan fingerprint density at radius 3 is 2.78 bits per heavy atom. The molecule has 1 aliphatic carbocycles. The Hall–Kier alpha value is -1.91. The van der Waals surface area contributed by atoms with E-state index in [1.165, 1.54) is 38.2 Å². The monoisotopic (exact) mass is 244 g/mol. The summed E-state index contributed by atoms with van der Waals surface area (Å²) in [4.78, 5) is 18.5. The summed E-state index contributed by atoms with van der Waals surface area (Å²) in [5.41, 5.74) is 0.539. The summed E-state index contributed by atoms with van der Waals surface area (Å²) >= 11 is 0. The topological polar surface area (TPSA) is 74.4 Å². The zero-order chi connectivity index (χ0) is 12.4. The first-order chi connectivity index (χ1) is 8.83. The molecule has 5 heteroatoms. The van der Waals surface area contributed by atoms with Gasteiger partial charge in [-0.2, -0.15) is 5.10 Å². The van der Waals surface area contributed by atoms with Gasteiger partial charge in [-0.05, 0) is 18.9 Å². The minimum absolute atomic E-state index is 0.128. The number of pyridine rings is 1. The number of hydrogen-bond acceptors (Lipinski definition) is 3. The Bertz CT molecular complexity index is 580. The second kappa shape index (κ2) is 4.76. The molecule has 5 nitrogen and oxygen atoms in total. The van der Waals surface area contributed by atoms with Crippen molar-refractivity contribution in [1.29, 1.82) is 0 Å². The number of rotatable bonds is 2. The van der Waals surface area contributed by atoms with Gasteiger partial charge in [-0.3, -0.25) is 9.89 Å². The van der Waals surface area contributed by atoms with Crippen molar-refractivity contribution in [1.82, 2.24) is 20.2 Å². The fourth-order valence-electron chi connectivity index (χ4n) is 2.53. The minimum Gasteiger partial charge on any atom is -0.319 e. The van der Waals surface area contributed by atoms with E-state index in [-0.39, 0.29) is 5.56 Å². The van der Waals surface area contributed by atoms with Crippen LogP contribution in [-0.4, -0.2) is 20.2 Å². The van der Waals surface area contributed by atoms with Gasteiger partial charge in [0.15, 0.2) is 5.82 Å². The van der Waals surface area contributed by atoms with Crippen LogP contribution in [0.5, 0.6) is 0 Å². The predicted molar refractivity (Wildman–Crippen MR) is 68.3 cm³/mol. The van der Waals surface area contributed by atoms with Crippen LogP contribution in [-0.2, 0) is 0 Å². The highest BCUT2D eigenvalue weighted by Gasteiger charge is 2.19. The summed E-state index contributed by atoms with van der Waals surface area (Å²) in [7, 11) is 0. The average molecular weight is 244 g/mol. The molecule has 94 valence electrons. The van der Waals surface area contributed by atoms with Gasteiger partial charge >= 0.3 is 0 Å². The molecular weight excluding hydrogens is 228 g/mol. The molecule has 0 aromatic carbocycles. The Labute approximate surface area is 105 Å². The first kappa shape index (κ1) is 11.2. The van der Waals surface area contributed by atoms with Crippen LogP contribution in [0.3, 0.4) is 0 Å². The fourth-order valence-corrected chi connectivity index (χ4v) is 2.53. The zero-order valence-corrected chi connectivity index (χ0v) is 10.1. The van der Waals surface area contributed by atoms with Gasteiger partial charge in [0.1, 0.15) is 5.82 Å². The summed E-state index contributed by atoms with van der Waals surface area (Å²) in [5.74, 6) is 2.03. The fraction of sp³-hybridized carbons (Fsp3) is 0.462. The smallest absolute Gasteiger partial charge is 0.248 e. The van der Waals surface area contributed by atoms with Crippen molar-refractivity contribution >= 4 is 0 Å². The van der Waals surface area contributed by atoms with Crippen LogP contribution in [0, 0.1) is 0 Å². The maximum absolute atomic E-state index is 11.3. The zero-order valence-electron chi connectivity index (χ0n) is 10.1. The molecule has 0 atom stereocenters. The van der Waals surface area contributed by atoms with E-state index >= 15 is 0 Å². The van der Waals surface area contributed by atoms with Crippen molar-refractivity contribution < 1.29 is 0 Å². The van der Waals surface area contributed by atoms with Gasteiger partial charge in [-0.1, -0.05) is 25.3 Å². The van der Waals surface area contributed by atoms with Crippen LogP contribution in [0.15, 0.2) is 23.0 Å². The van der Waals surface area contributed by atoms with Gasteiger partial charge < -0.3 is 4.98 Å². The van der Waals surface area contributed by atoms with Crippen molar-refractivity contribution in [2.75, 3.05) is 0 Å². The van der Waals surface area contributed by atoms with Gasteiger partial charge in [-0.25, -0.2) is 4.98 Å². The second-order valence-electron chi connectivity index (χ2n) is 4.81. The van der Waals surface area contributed by atoms with Gasteiger partial charge in [0.05, 0.1) is 5.69 Å². The highest BCUT2D eigenvalue weighted by molar-refractivity contribution is 5.47. The van der Waals surface area contributed by atoms with Crippen molar-refractivity contribution in [3.63, 3.8) is 0 Å². The maximum Gasteiger partial charge on any atom is 0.248 e. The number of H-pyrrole nitrogens is 2. The molecule has 0 unspecified atom stereocenters. The quantitative estimate of drug-likeness (QED) is 0.850. The molecule has 0 amide bonds. The summed E-state index contributed by atoms with van der Waals surface area (Å²) in [6.45, 7) is 0. The third-order valence-corrected chi connectivity index (χ3v) is 3.50. The molecule has 0 radical (unpaired) electrons. The Balaban J connectivity index is 1.86. The predicted octanol–water partition coefficient (Wildman–Crippen LogP) is 2.21. The lowest BCUT2D eigenvalue weighted by Crippen LogP contribution is -2.06. The van der Waals surface area contributed by atoms with Gasteiger partial charge in [0, 0.05) is 12.0 Å². The van der Waals surface area contributed by atoms with Crippen LogP contribution >= 0.6 is 0 Å². The van der Waals surface area contributed by atoms with E-state index in [1.807, 2.05) is 6.07 Å². The maximum atomic E-state index is 11.3. The highest BCUT2D eigenvalue weighted by Crippen LogP contribution is 2.30. The van der Waals surface area contributed by atoms with Crippen LogP contribution in [0.4, 0.5) is 0 Å². The summed E-state index contributed by atoms with van der Waals surface area (Å²) in [5, 5.41) is 7.21. The molecule has 1 aliphatic rings. The normalized spacial score (nSPS) is 16.9. The van der Waals surface area contributed by atoms with Crippen molar-refractivity contribution in [2.24, 2.45) is 0 Å². The number of nitrogens with zero attached hydrogens (tertiary/aromatic N) is 2. The molecule has 0 saturated heterocycles. The summed E-state index contributed by atoms with van der Waals surface area (Å²) in [6, 6.07) is 5.01. The molecule has 2 heterocycles. The third-order valence-electron chi connectivity index (χ3n) is 3.50. The van der Waals surface area contributed by atoms with Gasteiger partial charge in [0.2, 0.25) is 5.56 Å². The molecule has 1 fully saturated rings. The number of aromatic nitrogens is 4. The number of nitrogens with one attached hydrogen (secondary N) is 2. The lowest BCUT2D eigenvalue weighted by molar-refractivity contribution is 0.429. The van der Waals surface area contributed by atoms with E-state index in [1.54, 1.807) is 6.07 Å². The Morgan fingerprint density at radius 2 is 2.00 bits per heavy atom. The molecule has 0 aliphatic heterocycles. The van der Waals surface area contributed by atoms with Crippen LogP contribution in [0.25, 0.3) is 11.5 Å². The average Bonchev–Trinajstić information content (AvgIpc) is 2.89. The molecule has 2 aromatic rings. The number of aromatic amines is 2. The highest BCUT2D eigenvalue weighted by atomic mass is 16.1. The summed E-state index contributed by atoms with van der Waals surface area (Å²) < 4.78 is 0. The van der Waals surface area contributed by atoms with E-state index < -0.39 is 0 Å². The standard InChI is InChI=1S/C13H16N4O/c18-11-8-4-7-10(14-11)13-15-12(16-17-13)9-5-2-1-3-6-9/h4,7-9H,1-3,5-6H2,(H,14,18)(H,15,16,17). The van der Waals surface area contributed by atoms with E-state index in [9.17, 15) is 4.79 Å². The van der Waals surface area contributed by atoms with Crippen LogP contribution in [0.2, 0.25) is 0 Å². The lowest BCUT2D eigenvalue weighted by Gasteiger charge is -2.18. The Morgan fingerprint density at radius 1 is 1.17 bits per heavy atom. The molecule has 0 spiro atoms. The first-order valence-electron chi connectivity index (χ1n) is 6.45. The second-order valence-corrected chi connectivity index (χ2v) is 4.81. The van der Waals surface area contributed by atoms with Crippen molar-refractivity contribution in [2.45, 2.75) is 38.0 Å². The van der Waals surface area contributed by atoms with E-state index in [4.69, 9.17) is 0 Å². The van der Waals surface area contributed by atoms with Gasteiger partial charge in [-0.15, -0.1) is 0 Å². The van der Waals surface area contributed by atoms with Crippen LogP contribution in [0.1, 0.15) is 43.8 Å². The SMILES string of the molecule is O=c1cccc(-c2n[nH]c(C3CCCCC3)n2)[nH]1. The summed E-state index contributed by atoms with van der Waals surface area (Å²) in [6.07, 6.45) is 6.22. The largest absolute Gasteiger partial charge is 0.319 e. The molecule has 3 rings (SSSR count). The molecule has 2 aromatic heterocycles. The lowest BCUT2D eigenvalue weighted by atomic mass is 9.89. The third kappa shape index (κ3) is 2.20. The van der Waals surface area contributed by atoms with E-state index in [2.05, 4.69) is 20.2 Å². The van der Waals surface area contributed by atoms with Crippen molar-refractivity contribution in [3.05, 3.63) is 34.4 Å². The molecule has 18 heavy (non-hydrogen) atoms. The van der Waals surface area contributed by atoms with Gasteiger partial charge in [0.25, 0.3) is 0 Å². The van der Waals surface area contributed by atoms with Crippen LogP contribution < -0.4 is 5.56 Å². The van der Waals surface area contributed by atoms with Crippen molar-refractivity contribution in [3.8, 4) is 11.5 Å². The van der Waals surface area contributed by atoms with E-state index in [0.29, 0.717) is 17.4 Å².